The van der Waals surface area contributed by atoms with Crippen LogP contribution in [0.4, 0.5) is 5.69 Å². The maximum Gasteiger partial charge on any atom is 0.488 e. The van der Waals surface area contributed by atoms with Gasteiger partial charge in [0.05, 0.1) is 23.6 Å². The zero-order valence-electron chi connectivity index (χ0n) is 21.5. The lowest BCUT2D eigenvalue weighted by atomic mass is 9.54. The van der Waals surface area contributed by atoms with Gasteiger partial charge in [-0.3, -0.25) is 14.5 Å². The molecule has 3 aliphatic rings. The van der Waals surface area contributed by atoms with E-state index >= 15 is 0 Å². The summed E-state index contributed by atoms with van der Waals surface area (Å²) in [6.07, 6.45) is 1.74. The molecule has 10 heteroatoms. The Balaban J connectivity index is 1.42. The third-order valence-corrected chi connectivity index (χ3v) is 8.47. The predicted molar refractivity (Wildman–Crippen MR) is 148 cm³/mol. The van der Waals surface area contributed by atoms with Crippen LogP contribution in [0.2, 0.25) is 0 Å². The summed E-state index contributed by atoms with van der Waals surface area (Å²) in [5, 5.41) is 42.5. The maximum atomic E-state index is 14.0. The van der Waals surface area contributed by atoms with Crippen LogP contribution in [0.1, 0.15) is 44.3 Å². The largest absolute Gasteiger partial charge is 0.507 e. The number of carbonyl (C=O) groups excluding carboxylic acids is 2. The molecule has 2 heterocycles. The molecule has 2 aliphatic heterocycles. The first kappa shape index (κ1) is 25.8. The molecule has 3 aromatic rings. The average Bonchev–Trinajstić information content (AvgIpc) is 3.18. The fourth-order valence-electron chi connectivity index (χ4n) is 6.82. The Kier molecular flexibility index (Phi) is 6.59. The van der Waals surface area contributed by atoms with Gasteiger partial charge in [-0.25, -0.2) is 0 Å². The number of hydrogen-bond acceptors (Lipinski definition) is 7. The van der Waals surface area contributed by atoms with Gasteiger partial charge in [-0.05, 0) is 65.3 Å². The number of phenolic OH excluding ortho intramolecular Hbond substituents is 1. The van der Waals surface area contributed by atoms with Crippen LogP contribution in [0, 0.1) is 17.8 Å². The number of rotatable bonds is 5. The van der Waals surface area contributed by atoms with E-state index in [-0.39, 0.29) is 23.0 Å². The maximum absolute atomic E-state index is 14.0. The molecule has 0 radical (unpaired) electrons. The highest BCUT2D eigenvalue weighted by Gasteiger charge is 2.58. The number of anilines is 1. The molecule has 0 saturated carbocycles. The molecule has 2 amide bonds. The summed E-state index contributed by atoms with van der Waals surface area (Å²) in [5.74, 6) is -2.15. The second-order valence-corrected chi connectivity index (χ2v) is 10.7. The van der Waals surface area contributed by atoms with Crippen LogP contribution in [0.15, 0.2) is 71.7 Å². The van der Waals surface area contributed by atoms with E-state index in [1.807, 2.05) is 31.2 Å². The van der Waals surface area contributed by atoms with E-state index in [9.17, 15) is 29.8 Å². The lowest BCUT2D eigenvalue weighted by Crippen LogP contribution is -2.45. The fraction of sp³-hybridized carbons (Fsp3) is 0.310. The molecule has 0 unspecified atom stereocenters. The Morgan fingerprint density at radius 1 is 1.00 bits per heavy atom. The molecule has 3 aromatic carbocycles. The van der Waals surface area contributed by atoms with Gasteiger partial charge in [-0.15, -0.1) is 0 Å². The zero-order chi connectivity index (χ0) is 27.4. The van der Waals surface area contributed by atoms with Crippen LogP contribution in [0.25, 0.3) is 10.8 Å². The molecule has 0 aromatic heterocycles. The summed E-state index contributed by atoms with van der Waals surface area (Å²) < 4.78 is 6.18. The van der Waals surface area contributed by atoms with Crippen molar-refractivity contribution in [3.63, 3.8) is 0 Å². The normalized spacial score (nSPS) is 24.8. The zero-order valence-corrected chi connectivity index (χ0v) is 21.5. The summed E-state index contributed by atoms with van der Waals surface area (Å²) in [6.45, 7) is 2.04. The third-order valence-electron chi connectivity index (χ3n) is 8.47. The van der Waals surface area contributed by atoms with Crippen LogP contribution < -0.4 is 10.4 Å². The summed E-state index contributed by atoms with van der Waals surface area (Å²) in [6, 6.07) is 17.0. The van der Waals surface area contributed by atoms with Gasteiger partial charge in [-0.1, -0.05) is 61.4 Å². The molecule has 6 rings (SSSR count). The number of amides is 2. The van der Waals surface area contributed by atoms with Gasteiger partial charge in [-0.2, -0.15) is 0 Å². The number of benzene rings is 3. The van der Waals surface area contributed by atoms with E-state index in [0.717, 1.165) is 22.9 Å². The van der Waals surface area contributed by atoms with Crippen molar-refractivity contribution in [3.05, 3.63) is 77.3 Å². The Morgan fingerprint density at radius 2 is 1.77 bits per heavy atom. The Bertz CT molecular complexity index is 1510. The second kappa shape index (κ2) is 9.95. The highest BCUT2D eigenvalue weighted by atomic mass is 16.5. The molecule has 2 saturated heterocycles. The lowest BCUT2D eigenvalue weighted by Gasteiger charge is -2.42. The van der Waals surface area contributed by atoms with Crippen molar-refractivity contribution in [3.8, 4) is 5.75 Å². The van der Waals surface area contributed by atoms with Gasteiger partial charge in [0.2, 0.25) is 11.8 Å². The monoisotopic (exact) mass is 525 g/mol. The van der Waals surface area contributed by atoms with E-state index in [1.165, 1.54) is 17.0 Å². The third kappa shape index (κ3) is 4.19. The van der Waals surface area contributed by atoms with E-state index in [0.29, 0.717) is 35.8 Å². The molecule has 198 valence electrons. The van der Waals surface area contributed by atoms with Crippen LogP contribution in [0.5, 0.6) is 5.75 Å². The molecule has 4 atom stereocenters. The summed E-state index contributed by atoms with van der Waals surface area (Å²) >= 11 is 0. The average molecular weight is 525 g/mol. The molecule has 1 aliphatic carbocycles. The van der Waals surface area contributed by atoms with Gasteiger partial charge in [0.15, 0.2) is 0 Å². The van der Waals surface area contributed by atoms with Gasteiger partial charge in [0.1, 0.15) is 5.75 Å². The molecule has 2 fully saturated rings. The minimum Gasteiger partial charge on any atom is -0.507 e. The van der Waals surface area contributed by atoms with Crippen molar-refractivity contribution in [2.24, 2.45) is 17.8 Å². The highest BCUT2D eigenvalue weighted by molar-refractivity contribution is 6.58. The number of imide groups is 1. The molecule has 4 N–H and O–H groups in total. The van der Waals surface area contributed by atoms with Crippen LogP contribution >= 0.6 is 0 Å². The van der Waals surface area contributed by atoms with E-state index in [4.69, 9.17) is 4.65 Å². The van der Waals surface area contributed by atoms with E-state index in [1.54, 1.807) is 24.3 Å². The van der Waals surface area contributed by atoms with Gasteiger partial charge in [0, 0.05) is 5.39 Å². The van der Waals surface area contributed by atoms with Crippen LogP contribution in [-0.4, -0.2) is 46.2 Å². The first-order chi connectivity index (χ1) is 18.8. The minimum atomic E-state index is -1.73. The number of nitrogens with zero attached hydrogens (tertiary/aromatic N) is 1. The van der Waals surface area contributed by atoms with Crippen molar-refractivity contribution in [1.29, 1.82) is 0 Å². The van der Waals surface area contributed by atoms with Crippen molar-refractivity contribution in [2.75, 3.05) is 4.90 Å². The molecule has 0 bridgehead atoms. The standard InChI is InChI=1S/C29H29B2NO7/c1-2-6-16-13-23-26(29(35)32(28(23)34)18-8-5-7-17(14-18)30(36)37)22-15-25(39-31(38)27(16)22)21-11-12-24(33)20-10-4-3-9-19(20)21/h3-5,7-12,14,22-23,25-26,33,36-38H,2,6,13,15H2,1H3/t22-,23-,25-,26+/m0/s1. The van der Waals surface area contributed by atoms with Crippen molar-refractivity contribution >= 4 is 48.0 Å². The van der Waals surface area contributed by atoms with Gasteiger partial charge < -0.3 is 24.8 Å². The van der Waals surface area contributed by atoms with Crippen molar-refractivity contribution in [1.82, 2.24) is 0 Å². The molecular weight excluding hydrogens is 496 g/mol. The summed E-state index contributed by atoms with van der Waals surface area (Å²) in [5.41, 5.74) is 2.97. The quantitative estimate of drug-likeness (QED) is 0.298. The first-order valence-electron chi connectivity index (χ1n) is 13.4. The first-order valence-corrected chi connectivity index (χ1v) is 13.4. The van der Waals surface area contributed by atoms with Gasteiger partial charge >= 0.3 is 14.2 Å². The Morgan fingerprint density at radius 3 is 2.51 bits per heavy atom. The number of aromatic hydroxyl groups is 1. The molecule has 0 spiro atoms. The Hall–Kier alpha value is -3.43. The van der Waals surface area contributed by atoms with Gasteiger partial charge in [0.25, 0.3) is 0 Å². The SMILES string of the molecule is CCCC1=C2B(O)O[C@H](c3ccc(O)c4ccccc34)C[C@H]2[C@H]2C(=O)N(c3cccc(B(O)O)c3)C(=O)[C@H]2C1. The second-order valence-electron chi connectivity index (χ2n) is 10.7. The van der Waals surface area contributed by atoms with Crippen LogP contribution in [-0.2, 0) is 14.2 Å². The number of carbonyl (C=O) groups is 2. The van der Waals surface area contributed by atoms with E-state index < -0.39 is 38.1 Å². The topological polar surface area (TPSA) is 128 Å². The summed E-state index contributed by atoms with van der Waals surface area (Å²) in [4.78, 5) is 28.9. The predicted octanol–water partition coefficient (Wildman–Crippen LogP) is 2.63. The Labute approximate surface area is 226 Å². The summed E-state index contributed by atoms with van der Waals surface area (Å²) in [7, 11) is -2.94. The number of allylic oxidation sites excluding steroid dienone is 2. The number of hydrogen-bond donors (Lipinski definition) is 4. The number of fused-ring (bicyclic) bond motifs is 4. The molecule has 8 nitrogen and oxygen atoms in total. The molecule has 39 heavy (non-hydrogen) atoms. The number of phenols is 1. The fourth-order valence-corrected chi connectivity index (χ4v) is 6.82. The van der Waals surface area contributed by atoms with Crippen molar-refractivity contribution in [2.45, 2.75) is 38.7 Å². The molecular formula is C29H29B2NO7. The smallest absolute Gasteiger partial charge is 0.488 e. The van der Waals surface area contributed by atoms with Crippen molar-refractivity contribution < 1.29 is 34.4 Å². The van der Waals surface area contributed by atoms with Crippen LogP contribution in [0.3, 0.4) is 0 Å². The minimum absolute atomic E-state index is 0.150. The highest BCUT2D eigenvalue weighted by Crippen LogP contribution is 2.53. The van der Waals surface area contributed by atoms with E-state index in [2.05, 4.69) is 0 Å². The lowest BCUT2D eigenvalue weighted by molar-refractivity contribution is -0.123.